The molecule has 138 valence electrons. The van der Waals surface area contributed by atoms with Crippen molar-refractivity contribution in [2.75, 3.05) is 13.2 Å². The van der Waals surface area contributed by atoms with Crippen molar-refractivity contribution in [1.29, 1.82) is 0 Å². The number of alkyl halides is 1. The Hall–Kier alpha value is -0.983. The standard InChI is InChI=1S/C19H27BrFNO2Si/c1-5-6-18(21)25(3,4)24-14-19(13-23-15(2)22-19)12-11-16-7-9-17(20)10-8-16/h7-12,18H,5-6,13-14H2,1-4H3. The monoisotopic (exact) mass is 427 g/mol. The molecule has 2 rings (SSSR count). The molecule has 1 aromatic rings. The smallest absolute Gasteiger partial charge is 0.221 e. The Morgan fingerprint density at radius 2 is 2.08 bits per heavy atom. The molecular formula is C19H27BrFNO2Si. The molecule has 0 fully saturated rings. The molecule has 0 bridgehead atoms. The summed E-state index contributed by atoms with van der Waals surface area (Å²) in [5.41, 5.74) is 0.501. The van der Waals surface area contributed by atoms with Crippen LogP contribution in [0.5, 0.6) is 0 Å². The van der Waals surface area contributed by atoms with E-state index >= 15 is 0 Å². The molecule has 0 N–H and O–H groups in total. The van der Waals surface area contributed by atoms with E-state index in [-0.39, 0.29) is 0 Å². The maximum absolute atomic E-state index is 14.4. The molecule has 2 unspecified atom stereocenters. The van der Waals surface area contributed by atoms with E-state index < -0.39 is 19.7 Å². The predicted octanol–water partition coefficient (Wildman–Crippen LogP) is 5.55. The largest absolute Gasteiger partial charge is 0.478 e. The van der Waals surface area contributed by atoms with Crippen LogP contribution in [-0.2, 0) is 9.16 Å². The Labute approximate surface area is 159 Å². The van der Waals surface area contributed by atoms with Gasteiger partial charge in [0.1, 0.15) is 17.9 Å². The first kappa shape index (κ1) is 20.3. The third kappa shape index (κ3) is 5.76. The van der Waals surface area contributed by atoms with Gasteiger partial charge in [0.15, 0.2) is 5.90 Å². The Morgan fingerprint density at radius 1 is 1.40 bits per heavy atom. The molecule has 6 heteroatoms. The van der Waals surface area contributed by atoms with Crippen LogP contribution in [0.2, 0.25) is 13.1 Å². The summed E-state index contributed by atoms with van der Waals surface area (Å²) in [7, 11) is -2.41. The summed E-state index contributed by atoms with van der Waals surface area (Å²) in [6.07, 6.45) is 5.43. The lowest BCUT2D eigenvalue weighted by Gasteiger charge is -2.30. The first-order chi connectivity index (χ1) is 11.8. The van der Waals surface area contributed by atoms with Crippen LogP contribution in [-0.4, -0.2) is 38.8 Å². The van der Waals surface area contributed by atoms with Gasteiger partial charge >= 0.3 is 0 Å². The molecule has 1 heterocycles. The summed E-state index contributed by atoms with van der Waals surface area (Å²) >= 11 is 3.44. The van der Waals surface area contributed by atoms with E-state index in [9.17, 15) is 4.39 Å². The van der Waals surface area contributed by atoms with Crippen molar-refractivity contribution in [1.82, 2.24) is 0 Å². The minimum Gasteiger partial charge on any atom is -0.478 e. The second-order valence-corrected chi connectivity index (χ2v) is 12.1. The molecule has 2 atom stereocenters. The number of aliphatic imine (C=N–C) groups is 1. The summed E-state index contributed by atoms with van der Waals surface area (Å²) in [5.74, 6) is -0.216. The number of hydrogen-bond acceptors (Lipinski definition) is 3. The fourth-order valence-electron chi connectivity index (χ4n) is 2.64. The number of benzene rings is 1. The van der Waals surface area contributed by atoms with Gasteiger partial charge in [-0.25, -0.2) is 9.38 Å². The maximum atomic E-state index is 14.4. The summed E-state index contributed by atoms with van der Waals surface area (Å²) in [6, 6.07) is 8.05. The Balaban J connectivity index is 2.12. The van der Waals surface area contributed by atoms with E-state index in [1.807, 2.05) is 63.4 Å². The molecule has 0 spiro atoms. The highest BCUT2D eigenvalue weighted by Gasteiger charge is 2.39. The third-order valence-corrected chi connectivity index (χ3v) is 7.57. The lowest BCUT2D eigenvalue weighted by Crippen LogP contribution is -2.46. The van der Waals surface area contributed by atoms with Crippen molar-refractivity contribution in [2.24, 2.45) is 4.99 Å². The summed E-state index contributed by atoms with van der Waals surface area (Å²) in [6.45, 7) is 8.49. The number of nitrogens with zero attached hydrogens (tertiary/aromatic N) is 1. The van der Waals surface area contributed by atoms with Gasteiger partial charge in [0.25, 0.3) is 0 Å². The highest BCUT2D eigenvalue weighted by Crippen LogP contribution is 2.27. The second kappa shape index (κ2) is 8.60. The number of halogens is 2. The van der Waals surface area contributed by atoms with E-state index in [0.717, 1.165) is 16.5 Å². The first-order valence-corrected chi connectivity index (χ1v) is 12.5. The fraction of sp³-hybridized carbons (Fsp3) is 0.526. The molecule has 1 aromatic carbocycles. The maximum Gasteiger partial charge on any atom is 0.221 e. The zero-order valence-electron chi connectivity index (χ0n) is 15.4. The minimum absolute atomic E-state index is 0.348. The topological polar surface area (TPSA) is 30.8 Å². The van der Waals surface area contributed by atoms with E-state index in [4.69, 9.17) is 9.16 Å². The van der Waals surface area contributed by atoms with Gasteiger partial charge in [-0.1, -0.05) is 53.6 Å². The highest BCUT2D eigenvalue weighted by molar-refractivity contribution is 9.10. The molecule has 0 radical (unpaired) electrons. The van der Waals surface area contributed by atoms with E-state index in [0.29, 0.717) is 25.5 Å². The third-order valence-electron chi connectivity index (χ3n) is 4.36. The van der Waals surface area contributed by atoms with Gasteiger partial charge in [-0.05, 0) is 37.2 Å². The normalized spacial score (nSPS) is 22.1. The van der Waals surface area contributed by atoms with Crippen LogP contribution in [0.25, 0.3) is 6.08 Å². The molecule has 1 aliphatic heterocycles. The zero-order valence-corrected chi connectivity index (χ0v) is 18.0. The number of hydrogen-bond donors (Lipinski definition) is 0. The van der Waals surface area contributed by atoms with Crippen molar-refractivity contribution in [3.8, 4) is 0 Å². The van der Waals surface area contributed by atoms with E-state index in [2.05, 4.69) is 20.9 Å². The van der Waals surface area contributed by atoms with Crippen LogP contribution in [0.3, 0.4) is 0 Å². The predicted molar refractivity (Wildman–Crippen MR) is 108 cm³/mol. The van der Waals surface area contributed by atoms with Crippen LogP contribution in [0.15, 0.2) is 39.8 Å². The minimum atomic E-state index is -2.41. The Kier molecular flexibility index (Phi) is 6.99. The molecule has 25 heavy (non-hydrogen) atoms. The van der Waals surface area contributed by atoms with Gasteiger partial charge in [-0.15, -0.1) is 0 Å². The second-order valence-electron chi connectivity index (χ2n) is 7.06. The Morgan fingerprint density at radius 3 is 2.64 bits per heavy atom. The van der Waals surface area contributed by atoms with Crippen LogP contribution in [0.4, 0.5) is 4.39 Å². The van der Waals surface area contributed by atoms with Gasteiger partial charge in [0.05, 0.1) is 6.61 Å². The first-order valence-electron chi connectivity index (χ1n) is 8.68. The Bertz CT molecular complexity index is 633. The van der Waals surface area contributed by atoms with E-state index in [1.54, 1.807) is 0 Å². The van der Waals surface area contributed by atoms with Crippen molar-refractivity contribution >= 4 is 36.2 Å². The van der Waals surface area contributed by atoms with Gasteiger partial charge < -0.3 is 9.16 Å². The van der Waals surface area contributed by atoms with Crippen LogP contribution in [0, 0.1) is 0 Å². The fourth-order valence-corrected chi connectivity index (χ4v) is 4.69. The number of ether oxygens (including phenoxy) is 1. The summed E-state index contributed by atoms with van der Waals surface area (Å²) < 4.78 is 27.1. The SMILES string of the molecule is CCCC(F)[Si](C)(C)OCC1(C=Cc2ccc(Br)cc2)COC(C)=N1. The summed E-state index contributed by atoms with van der Waals surface area (Å²) in [5, 5.41) is 0. The van der Waals surface area contributed by atoms with E-state index in [1.165, 1.54) is 0 Å². The quantitative estimate of drug-likeness (QED) is 0.509. The highest BCUT2D eigenvalue weighted by atomic mass is 79.9. The average molecular weight is 428 g/mol. The molecule has 0 saturated carbocycles. The van der Waals surface area contributed by atoms with Crippen molar-refractivity contribution in [2.45, 2.75) is 51.1 Å². The molecule has 3 nitrogen and oxygen atoms in total. The van der Waals surface area contributed by atoms with Crippen LogP contribution in [0.1, 0.15) is 32.3 Å². The van der Waals surface area contributed by atoms with Gasteiger partial charge in [0, 0.05) is 11.4 Å². The van der Waals surface area contributed by atoms with Crippen LogP contribution < -0.4 is 0 Å². The van der Waals surface area contributed by atoms with Crippen LogP contribution >= 0.6 is 15.9 Å². The van der Waals surface area contributed by atoms with Crippen molar-refractivity contribution < 1.29 is 13.6 Å². The van der Waals surface area contributed by atoms with Gasteiger partial charge in [0.2, 0.25) is 8.32 Å². The van der Waals surface area contributed by atoms with Crippen molar-refractivity contribution in [3.63, 3.8) is 0 Å². The van der Waals surface area contributed by atoms with Gasteiger partial charge in [-0.3, -0.25) is 0 Å². The van der Waals surface area contributed by atoms with Crippen molar-refractivity contribution in [3.05, 3.63) is 40.4 Å². The molecule has 0 aliphatic carbocycles. The molecule has 0 saturated heterocycles. The van der Waals surface area contributed by atoms with Gasteiger partial charge in [-0.2, -0.15) is 0 Å². The molecule has 0 aromatic heterocycles. The molecular weight excluding hydrogens is 401 g/mol. The molecule has 0 amide bonds. The lowest BCUT2D eigenvalue weighted by atomic mass is 10.0. The number of rotatable bonds is 8. The molecule has 1 aliphatic rings. The zero-order chi connectivity index (χ0) is 18.5. The average Bonchev–Trinajstić information content (AvgIpc) is 2.95. The lowest BCUT2D eigenvalue weighted by molar-refractivity contribution is 0.184. The summed E-state index contributed by atoms with van der Waals surface area (Å²) in [4.78, 5) is 4.63.